The Hall–Kier alpha value is -2.51. The maximum absolute atomic E-state index is 4.60. The van der Waals surface area contributed by atoms with Gasteiger partial charge in [-0.25, -0.2) is 9.98 Å². The lowest BCUT2D eigenvalue weighted by atomic mass is 10.0. The van der Waals surface area contributed by atoms with E-state index < -0.39 is 0 Å². The van der Waals surface area contributed by atoms with Gasteiger partial charge in [-0.15, -0.1) is 9.73 Å². The van der Waals surface area contributed by atoms with Crippen LogP contribution in [0.25, 0.3) is 11.7 Å². The predicted molar refractivity (Wildman–Crippen MR) is 78.4 cm³/mol. The topological polar surface area (TPSA) is 83.1 Å². The fraction of sp³-hybridized carbons (Fsp3) is 0.462. The molecule has 21 heavy (non-hydrogen) atoms. The molecule has 0 fully saturated rings. The number of hydrazone groups is 1. The number of nitrogens with zero attached hydrogens (tertiary/aromatic N) is 7. The van der Waals surface area contributed by atoms with Crippen LogP contribution in [0.1, 0.15) is 25.4 Å². The van der Waals surface area contributed by atoms with E-state index in [0.29, 0.717) is 0 Å². The number of rotatable bonds is 1. The summed E-state index contributed by atoms with van der Waals surface area (Å²) >= 11 is 0. The van der Waals surface area contributed by atoms with E-state index in [-0.39, 0.29) is 12.1 Å². The van der Waals surface area contributed by atoms with Gasteiger partial charge in [0.25, 0.3) is 0 Å². The summed E-state index contributed by atoms with van der Waals surface area (Å²) < 4.78 is 1.59. The maximum atomic E-state index is 4.60. The molecule has 8 nitrogen and oxygen atoms in total. The molecule has 0 aromatic carbocycles. The average Bonchev–Trinajstić information content (AvgIpc) is 3.06. The monoisotopic (exact) mass is 284 g/mol. The minimum atomic E-state index is -0.0247. The van der Waals surface area contributed by atoms with Gasteiger partial charge < -0.3 is 0 Å². The third-order valence-electron chi connectivity index (χ3n) is 3.84. The Balaban J connectivity index is 1.86. The zero-order valence-electron chi connectivity index (χ0n) is 12.4. The lowest BCUT2D eigenvalue weighted by Crippen LogP contribution is -2.35. The van der Waals surface area contributed by atoms with Crippen molar-refractivity contribution in [2.75, 3.05) is 0 Å². The molecule has 4 heterocycles. The minimum Gasteiger partial charge on any atom is -0.268 e. The number of amidine groups is 1. The molecule has 2 atom stereocenters. The molecular formula is C13H16N8. The molecule has 0 bridgehead atoms. The van der Waals surface area contributed by atoms with Gasteiger partial charge in [-0.1, -0.05) is 6.08 Å². The molecule has 2 aliphatic rings. The van der Waals surface area contributed by atoms with E-state index in [9.17, 15) is 0 Å². The molecule has 2 aromatic heterocycles. The molecule has 0 aliphatic carbocycles. The maximum Gasteiger partial charge on any atom is 0.185 e. The van der Waals surface area contributed by atoms with Crippen molar-refractivity contribution in [3.8, 4) is 0 Å². The van der Waals surface area contributed by atoms with Crippen LogP contribution in [0.3, 0.4) is 0 Å². The number of fused-ring (bicyclic) bond motifs is 2. The van der Waals surface area contributed by atoms with Crippen LogP contribution in [0.15, 0.2) is 10.1 Å². The first-order valence-corrected chi connectivity index (χ1v) is 6.90. The van der Waals surface area contributed by atoms with Crippen LogP contribution in [-0.2, 0) is 0 Å². The van der Waals surface area contributed by atoms with Crippen molar-refractivity contribution >= 4 is 23.3 Å². The molecule has 108 valence electrons. The van der Waals surface area contributed by atoms with Gasteiger partial charge in [0.05, 0.1) is 11.6 Å². The van der Waals surface area contributed by atoms with Crippen LogP contribution in [0.5, 0.6) is 0 Å². The summed E-state index contributed by atoms with van der Waals surface area (Å²) in [5, 5.41) is 16.0. The van der Waals surface area contributed by atoms with E-state index in [4.69, 9.17) is 0 Å². The molecule has 2 aliphatic heterocycles. The molecule has 4 rings (SSSR count). The average molecular weight is 284 g/mol. The smallest absolute Gasteiger partial charge is 0.185 e. The number of hydrogen-bond donors (Lipinski definition) is 1. The van der Waals surface area contributed by atoms with Crippen molar-refractivity contribution in [1.29, 1.82) is 0 Å². The molecule has 1 N–H and O–H groups in total. The molecule has 2 unspecified atom stereocenters. The van der Waals surface area contributed by atoms with Crippen molar-refractivity contribution in [1.82, 2.24) is 30.4 Å². The third kappa shape index (κ3) is 1.71. The van der Waals surface area contributed by atoms with Crippen LogP contribution < -0.4 is 10.6 Å². The Labute approximate surface area is 121 Å². The van der Waals surface area contributed by atoms with E-state index in [0.717, 1.165) is 33.9 Å². The highest BCUT2D eigenvalue weighted by molar-refractivity contribution is 5.93. The first kappa shape index (κ1) is 12.2. The number of aliphatic imine (C=N–C) groups is 1. The van der Waals surface area contributed by atoms with E-state index in [1.165, 1.54) is 0 Å². The Morgan fingerprint density at radius 2 is 1.95 bits per heavy atom. The van der Waals surface area contributed by atoms with Crippen molar-refractivity contribution < 1.29 is 0 Å². The highest BCUT2D eigenvalue weighted by Crippen LogP contribution is 2.26. The second-order valence-corrected chi connectivity index (χ2v) is 5.49. The molecule has 0 saturated heterocycles. The van der Waals surface area contributed by atoms with Gasteiger partial charge in [-0.05, 0) is 27.7 Å². The van der Waals surface area contributed by atoms with Crippen molar-refractivity contribution in [2.45, 2.75) is 33.9 Å². The van der Waals surface area contributed by atoms with Gasteiger partial charge in [0.1, 0.15) is 11.7 Å². The molecule has 0 radical (unpaired) electrons. The lowest BCUT2D eigenvalue weighted by molar-refractivity contribution is 0.212. The second kappa shape index (κ2) is 4.00. The SMILES string of the molecule is CC1=NC2C(C=c3c(C)nn4nc(C)nc34)C(C)=NN2N1. The van der Waals surface area contributed by atoms with Gasteiger partial charge >= 0.3 is 0 Å². The molecule has 0 spiro atoms. The van der Waals surface area contributed by atoms with Gasteiger partial charge in [0, 0.05) is 10.9 Å². The third-order valence-corrected chi connectivity index (χ3v) is 3.84. The molecule has 2 aromatic rings. The first-order chi connectivity index (χ1) is 10.0. The van der Waals surface area contributed by atoms with Crippen LogP contribution in [0, 0.1) is 19.8 Å². The van der Waals surface area contributed by atoms with Gasteiger partial charge in [0.15, 0.2) is 11.8 Å². The van der Waals surface area contributed by atoms with Crippen LogP contribution in [-0.4, -0.2) is 42.6 Å². The Bertz CT molecular complexity index is 845. The van der Waals surface area contributed by atoms with Crippen LogP contribution >= 0.6 is 0 Å². The summed E-state index contributed by atoms with van der Waals surface area (Å²) in [7, 11) is 0. The summed E-state index contributed by atoms with van der Waals surface area (Å²) in [4.78, 5) is 9.05. The number of aryl methyl sites for hydroxylation is 2. The number of hydrogen-bond acceptors (Lipinski definition) is 7. The normalized spacial score (nSPS) is 25.3. The zero-order chi connectivity index (χ0) is 14.7. The summed E-state index contributed by atoms with van der Waals surface area (Å²) in [6.45, 7) is 7.80. The quantitative estimate of drug-likeness (QED) is 0.785. The van der Waals surface area contributed by atoms with E-state index >= 15 is 0 Å². The summed E-state index contributed by atoms with van der Waals surface area (Å²) in [6, 6.07) is 0. The Morgan fingerprint density at radius 3 is 2.76 bits per heavy atom. The van der Waals surface area contributed by atoms with Gasteiger partial charge in [0.2, 0.25) is 0 Å². The molecule has 8 heteroatoms. The van der Waals surface area contributed by atoms with Crippen LogP contribution in [0.4, 0.5) is 0 Å². The van der Waals surface area contributed by atoms with E-state index in [2.05, 4.69) is 36.8 Å². The van der Waals surface area contributed by atoms with Gasteiger partial charge in [-0.2, -0.15) is 15.3 Å². The highest BCUT2D eigenvalue weighted by atomic mass is 15.8. The Kier molecular flexibility index (Phi) is 2.33. The van der Waals surface area contributed by atoms with Gasteiger partial charge in [-0.3, -0.25) is 5.43 Å². The largest absolute Gasteiger partial charge is 0.268 e. The molecule has 0 saturated carbocycles. The van der Waals surface area contributed by atoms with Crippen molar-refractivity contribution in [2.24, 2.45) is 16.0 Å². The van der Waals surface area contributed by atoms with E-state index in [1.54, 1.807) is 4.63 Å². The molecule has 0 amide bonds. The first-order valence-electron chi connectivity index (χ1n) is 6.90. The van der Waals surface area contributed by atoms with Crippen molar-refractivity contribution in [3.63, 3.8) is 0 Å². The number of aromatic nitrogens is 4. The van der Waals surface area contributed by atoms with Crippen LogP contribution in [0.2, 0.25) is 0 Å². The Morgan fingerprint density at radius 1 is 1.14 bits per heavy atom. The fourth-order valence-corrected chi connectivity index (χ4v) is 2.86. The minimum absolute atomic E-state index is 0.0247. The summed E-state index contributed by atoms with van der Waals surface area (Å²) in [5.74, 6) is 1.72. The van der Waals surface area contributed by atoms with E-state index in [1.807, 2.05) is 32.8 Å². The lowest BCUT2D eigenvalue weighted by Gasteiger charge is -2.15. The predicted octanol–water partition coefficient (Wildman–Crippen LogP) is -0.189. The highest BCUT2D eigenvalue weighted by Gasteiger charge is 2.37. The summed E-state index contributed by atoms with van der Waals surface area (Å²) in [5.41, 5.74) is 5.88. The fourth-order valence-electron chi connectivity index (χ4n) is 2.86. The summed E-state index contributed by atoms with van der Waals surface area (Å²) in [6.07, 6.45) is 2.13. The number of nitrogens with one attached hydrogen (secondary N) is 1. The molecular weight excluding hydrogens is 268 g/mol. The second-order valence-electron chi connectivity index (χ2n) is 5.49. The standard InChI is InChI=1S/C13H16N8/c1-6-10(12-14-8(3)18-20(12)16-6)5-11-7(2)17-21-13(11)15-9(4)19-21/h5,10,12H,1-4H3,(H,14,18). The zero-order valence-corrected chi connectivity index (χ0v) is 12.4. The van der Waals surface area contributed by atoms with Crippen molar-refractivity contribution in [3.05, 3.63) is 16.7 Å². The number of hydrazine groups is 1.